The maximum Gasteiger partial charge on any atom is 0.416 e. The molecule has 1 aromatic heterocycles. The standard InChI is InChI=1S/C24H29F3N2O3/c1-15-20(23(31)32)14-21(17-7-9-18(10-8-17)24(25,26)27)29(15)19(11-12-22(28)30)13-16-5-3-2-4-6-16/h7-10,14,16,19H,2-6,11-13H2,1H3,(H2,28,30)(H,31,32). The summed E-state index contributed by atoms with van der Waals surface area (Å²) in [7, 11) is 0. The van der Waals surface area contributed by atoms with Crippen LogP contribution in [0.15, 0.2) is 30.3 Å². The number of carbonyl (C=O) groups is 2. The number of hydrogen-bond donors (Lipinski definition) is 2. The number of amides is 1. The number of rotatable bonds is 8. The van der Waals surface area contributed by atoms with Gasteiger partial charge in [0, 0.05) is 23.9 Å². The molecule has 1 heterocycles. The van der Waals surface area contributed by atoms with Crippen LogP contribution in [0.25, 0.3) is 11.3 Å². The molecule has 5 nitrogen and oxygen atoms in total. The van der Waals surface area contributed by atoms with E-state index in [4.69, 9.17) is 5.73 Å². The first kappa shape index (κ1) is 23.9. The molecule has 1 unspecified atom stereocenters. The monoisotopic (exact) mass is 450 g/mol. The zero-order chi connectivity index (χ0) is 23.5. The Hall–Kier alpha value is -2.77. The Bertz CT molecular complexity index is 958. The second kappa shape index (κ2) is 9.79. The summed E-state index contributed by atoms with van der Waals surface area (Å²) in [4.78, 5) is 23.4. The second-order valence-electron chi connectivity index (χ2n) is 8.68. The predicted octanol–water partition coefficient (Wildman–Crippen LogP) is 5.96. The number of aromatic nitrogens is 1. The number of carboxylic acid groups (broad SMARTS) is 1. The number of carbonyl (C=O) groups excluding carboxylic acids is 1. The summed E-state index contributed by atoms with van der Waals surface area (Å²) in [6.07, 6.45) is 2.57. The first-order valence-corrected chi connectivity index (χ1v) is 11.0. The smallest absolute Gasteiger partial charge is 0.416 e. The molecule has 1 amide bonds. The Balaban J connectivity index is 2.05. The van der Waals surface area contributed by atoms with Gasteiger partial charge in [0.1, 0.15) is 0 Å². The molecule has 3 N–H and O–H groups in total. The van der Waals surface area contributed by atoms with Crippen molar-refractivity contribution < 1.29 is 27.9 Å². The fraction of sp³-hybridized carbons (Fsp3) is 0.500. The van der Waals surface area contributed by atoms with Crippen molar-refractivity contribution >= 4 is 11.9 Å². The average Bonchev–Trinajstić information content (AvgIpc) is 3.08. The number of hydrogen-bond acceptors (Lipinski definition) is 2. The fourth-order valence-corrected chi connectivity index (χ4v) is 4.83. The molecule has 0 spiro atoms. The van der Waals surface area contributed by atoms with E-state index in [1.807, 2.05) is 4.57 Å². The molecule has 0 aliphatic heterocycles. The normalized spacial score (nSPS) is 16.1. The molecule has 0 saturated heterocycles. The van der Waals surface area contributed by atoms with Gasteiger partial charge in [-0.2, -0.15) is 13.2 Å². The van der Waals surface area contributed by atoms with Crippen LogP contribution in [-0.4, -0.2) is 21.6 Å². The number of alkyl halides is 3. The topological polar surface area (TPSA) is 85.3 Å². The number of halogens is 3. The van der Waals surface area contributed by atoms with Crippen LogP contribution in [0.4, 0.5) is 13.2 Å². The molecule has 174 valence electrons. The molecule has 0 bridgehead atoms. The molecular formula is C24H29F3N2O3. The summed E-state index contributed by atoms with van der Waals surface area (Å²) >= 11 is 0. The quantitative estimate of drug-likeness (QED) is 0.521. The highest BCUT2D eigenvalue weighted by Gasteiger charge is 2.31. The molecule has 3 rings (SSSR count). The van der Waals surface area contributed by atoms with Gasteiger partial charge >= 0.3 is 12.1 Å². The van der Waals surface area contributed by atoms with Crippen LogP contribution >= 0.6 is 0 Å². The van der Waals surface area contributed by atoms with Gasteiger partial charge in [-0.05, 0) is 49.4 Å². The SMILES string of the molecule is Cc1c(C(=O)O)cc(-c2ccc(C(F)(F)F)cc2)n1C(CCC(N)=O)CC1CCCCC1. The lowest BCUT2D eigenvalue weighted by atomic mass is 9.83. The molecule has 1 aliphatic rings. The van der Waals surface area contributed by atoms with E-state index in [0.717, 1.165) is 44.2 Å². The van der Waals surface area contributed by atoms with Crippen LogP contribution in [0, 0.1) is 12.8 Å². The molecule has 32 heavy (non-hydrogen) atoms. The van der Waals surface area contributed by atoms with Crippen molar-refractivity contribution in [1.82, 2.24) is 4.57 Å². The zero-order valence-electron chi connectivity index (χ0n) is 18.1. The van der Waals surface area contributed by atoms with Gasteiger partial charge in [-0.3, -0.25) is 4.79 Å². The lowest BCUT2D eigenvalue weighted by Gasteiger charge is -2.30. The van der Waals surface area contributed by atoms with E-state index in [0.29, 0.717) is 29.3 Å². The van der Waals surface area contributed by atoms with Crippen molar-refractivity contribution in [2.75, 3.05) is 0 Å². The first-order chi connectivity index (χ1) is 15.1. The predicted molar refractivity (Wildman–Crippen MR) is 115 cm³/mol. The lowest BCUT2D eigenvalue weighted by Crippen LogP contribution is -2.21. The van der Waals surface area contributed by atoms with Gasteiger partial charge in [-0.15, -0.1) is 0 Å². The Morgan fingerprint density at radius 1 is 1.16 bits per heavy atom. The zero-order valence-corrected chi connectivity index (χ0v) is 18.1. The van der Waals surface area contributed by atoms with E-state index in [2.05, 4.69) is 0 Å². The summed E-state index contributed by atoms with van der Waals surface area (Å²) in [5.41, 5.74) is 6.31. The Morgan fingerprint density at radius 2 is 1.78 bits per heavy atom. The second-order valence-corrected chi connectivity index (χ2v) is 8.68. The van der Waals surface area contributed by atoms with E-state index in [1.54, 1.807) is 6.92 Å². The third kappa shape index (κ3) is 5.53. The van der Waals surface area contributed by atoms with Crippen molar-refractivity contribution in [2.24, 2.45) is 11.7 Å². The first-order valence-electron chi connectivity index (χ1n) is 11.0. The van der Waals surface area contributed by atoms with Gasteiger partial charge in [0.05, 0.1) is 11.1 Å². The van der Waals surface area contributed by atoms with Gasteiger partial charge in [0.15, 0.2) is 0 Å². The van der Waals surface area contributed by atoms with Crippen LogP contribution < -0.4 is 5.73 Å². The summed E-state index contributed by atoms with van der Waals surface area (Å²) in [6.45, 7) is 1.70. The Morgan fingerprint density at radius 3 is 2.31 bits per heavy atom. The molecule has 8 heteroatoms. The largest absolute Gasteiger partial charge is 0.478 e. The Labute approximate surface area is 185 Å². The van der Waals surface area contributed by atoms with Crippen LogP contribution in [-0.2, 0) is 11.0 Å². The third-order valence-electron chi connectivity index (χ3n) is 6.45. The number of aromatic carboxylic acids is 1. The van der Waals surface area contributed by atoms with Crippen LogP contribution in [0.3, 0.4) is 0 Å². The molecule has 2 aromatic rings. The highest BCUT2D eigenvalue weighted by atomic mass is 19.4. The minimum absolute atomic E-state index is 0.104. The summed E-state index contributed by atoms with van der Waals surface area (Å²) in [5.74, 6) is -1.07. The summed E-state index contributed by atoms with van der Waals surface area (Å²) in [5, 5.41) is 9.69. The number of nitrogens with two attached hydrogens (primary N) is 1. The highest BCUT2D eigenvalue weighted by Crippen LogP contribution is 2.38. The molecule has 1 aromatic carbocycles. The highest BCUT2D eigenvalue weighted by molar-refractivity contribution is 5.91. The van der Waals surface area contributed by atoms with E-state index < -0.39 is 23.6 Å². The maximum absolute atomic E-state index is 13.0. The van der Waals surface area contributed by atoms with E-state index in [9.17, 15) is 27.9 Å². The maximum atomic E-state index is 13.0. The minimum atomic E-state index is -4.45. The van der Waals surface area contributed by atoms with E-state index >= 15 is 0 Å². The number of carboxylic acids is 1. The number of benzene rings is 1. The third-order valence-corrected chi connectivity index (χ3v) is 6.45. The van der Waals surface area contributed by atoms with Crippen molar-refractivity contribution in [2.45, 2.75) is 70.5 Å². The fourth-order valence-electron chi connectivity index (χ4n) is 4.83. The molecule has 0 radical (unpaired) electrons. The summed E-state index contributed by atoms with van der Waals surface area (Å²) in [6, 6.07) is 6.08. The minimum Gasteiger partial charge on any atom is -0.478 e. The van der Waals surface area contributed by atoms with Crippen LogP contribution in [0.2, 0.25) is 0 Å². The van der Waals surface area contributed by atoms with E-state index in [1.165, 1.54) is 24.6 Å². The molecule has 1 saturated carbocycles. The van der Waals surface area contributed by atoms with Crippen molar-refractivity contribution in [3.05, 3.63) is 47.2 Å². The Kier molecular flexibility index (Phi) is 7.31. The number of nitrogens with zero attached hydrogens (tertiary/aromatic N) is 1. The van der Waals surface area contributed by atoms with Gasteiger partial charge in [0.25, 0.3) is 0 Å². The van der Waals surface area contributed by atoms with Gasteiger partial charge in [-0.1, -0.05) is 44.2 Å². The van der Waals surface area contributed by atoms with Crippen LogP contribution in [0.5, 0.6) is 0 Å². The lowest BCUT2D eigenvalue weighted by molar-refractivity contribution is -0.137. The van der Waals surface area contributed by atoms with E-state index in [-0.39, 0.29) is 18.0 Å². The summed E-state index contributed by atoms with van der Waals surface area (Å²) < 4.78 is 40.9. The molecule has 1 fully saturated rings. The van der Waals surface area contributed by atoms with Crippen LogP contribution in [0.1, 0.15) is 79.0 Å². The van der Waals surface area contributed by atoms with Gasteiger partial charge in [0.2, 0.25) is 5.91 Å². The average molecular weight is 451 g/mol. The van der Waals surface area contributed by atoms with Crippen molar-refractivity contribution in [1.29, 1.82) is 0 Å². The molecular weight excluding hydrogens is 421 g/mol. The molecule has 1 aliphatic carbocycles. The van der Waals surface area contributed by atoms with Gasteiger partial charge in [-0.25, -0.2) is 4.79 Å². The van der Waals surface area contributed by atoms with Gasteiger partial charge < -0.3 is 15.4 Å². The number of primary amides is 1. The van der Waals surface area contributed by atoms with Crippen molar-refractivity contribution in [3.8, 4) is 11.3 Å². The molecule has 1 atom stereocenters. The van der Waals surface area contributed by atoms with Crippen molar-refractivity contribution in [3.63, 3.8) is 0 Å².